The van der Waals surface area contributed by atoms with E-state index in [0.717, 1.165) is 18.9 Å². The summed E-state index contributed by atoms with van der Waals surface area (Å²) in [5.74, 6) is 0.531. The highest BCUT2D eigenvalue weighted by atomic mass is 16.5. The van der Waals surface area contributed by atoms with Gasteiger partial charge in [-0.2, -0.15) is 0 Å². The Morgan fingerprint density at radius 1 is 1.10 bits per heavy atom. The van der Waals surface area contributed by atoms with E-state index in [4.69, 9.17) is 4.74 Å². The van der Waals surface area contributed by atoms with Crippen LogP contribution in [-0.4, -0.2) is 42.2 Å². The Kier molecular flexibility index (Phi) is 4.07. The van der Waals surface area contributed by atoms with Crippen molar-refractivity contribution in [2.75, 3.05) is 36.5 Å². The van der Waals surface area contributed by atoms with Gasteiger partial charge in [-0.1, -0.05) is 6.07 Å². The number of pyridine rings is 2. The molecule has 1 aliphatic rings. The third-order valence-corrected chi connectivity index (χ3v) is 3.24. The molecule has 1 fully saturated rings. The summed E-state index contributed by atoms with van der Waals surface area (Å²) in [6, 6.07) is 8.89. The lowest BCUT2D eigenvalue weighted by Gasteiger charge is -2.29. The summed E-state index contributed by atoms with van der Waals surface area (Å²) in [5.41, 5.74) is 1.07. The number of hydrogen-bond acceptors (Lipinski definition) is 5. The molecule has 0 spiro atoms. The van der Waals surface area contributed by atoms with Crippen LogP contribution in [0.1, 0.15) is 10.5 Å². The summed E-state index contributed by atoms with van der Waals surface area (Å²) in [6.07, 6.45) is 3.32. The van der Waals surface area contributed by atoms with Gasteiger partial charge in [-0.3, -0.25) is 9.78 Å². The van der Waals surface area contributed by atoms with Gasteiger partial charge >= 0.3 is 0 Å². The first kappa shape index (κ1) is 13.5. The summed E-state index contributed by atoms with van der Waals surface area (Å²) in [7, 11) is 0. The molecular formula is C15H16N4O2. The monoisotopic (exact) mass is 284 g/mol. The van der Waals surface area contributed by atoms with E-state index in [-0.39, 0.29) is 5.91 Å². The minimum absolute atomic E-state index is 0.238. The van der Waals surface area contributed by atoms with Gasteiger partial charge in [0.1, 0.15) is 5.69 Å². The predicted molar refractivity (Wildman–Crippen MR) is 79.5 cm³/mol. The predicted octanol–water partition coefficient (Wildman–Crippen LogP) is 1.57. The van der Waals surface area contributed by atoms with Crippen molar-refractivity contribution in [3.63, 3.8) is 0 Å². The second kappa shape index (κ2) is 6.32. The van der Waals surface area contributed by atoms with Gasteiger partial charge in [0.15, 0.2) is 5.82 Å². The summed E-state index contributed by atoms with van der Waals surface area (Å²) in [5, 5.41) is 2.88. The number of rotatable bonds is 3. The molecule has 0 radical (unpaired) electrons. The van der Waals surface area contributed by atoms with Crippen molar-refractivity contribution in [3.8, 4) is 0 Å². The molecule has 1 N–H and O–H groups in total. The third kappa shape index (κ3) is 3.17. The molecule has 0 aliphatic carbocycles. The van der Waals surface area contributed by atoms with Gasteiger partial charge in [0.05, 0.1) is 18.9 Å². The molecule has 0 aromatic carbocycles. The molecule has 21 heavy (non-hydrogen) atoms. The normalized spacial score (nSPS) is 14.8. The zero-order valence-corrected chi connectivity index (χ0v) is 11.5. The van der Waals surface area contributed by atoms with Crippen LogP contribution in [0.3, 0.4) is 0 Å². The van der Waals surface area contributed by atoms with Crippen molar-refractivity contribution < 1.29 is 9.53 Å². The molecule has 0 atom stereocenters. The summed E-state index contributed by atoms with van der Waals surface area (Å²) < 4.78 is 5.34. The molecule has 6 heteroatoms. The highest BCUT2D eigenvalue weighted by Gasteiger charge is 2.17. The van der Waals surface area contributed by atoms with E-state index in [1.165, 1.54) is 0 Å². The van der Waals surface area contributed by atoms with Crippen LogP contribution >= 0.6 is 0 Å². The van der Waals surface area contributed by atoms with Gasteiger partial charge in [0.2, 0.25) is 0 Å². The minimum atomic E-state index is -0.238. The Morgan fingerprint density at radius 2 is 1.90 bits per heavy atom. The molecule has 0 unspecified atom stereocenters. The van der Waals surface area contributed by atoms with Crippen molar-refractivity contribution >= 4 is 17.4 Å². The smallest absolute Gasteiger partial charge is 0.274 e. The Bertz CT molecular complexity index is 612. The second-order valence-corrected chi connectivity index (χ2v) is 4.64. The van der Waals surface area contributed by atoms with Crippen LogP contribution < -0.4 is 10.2 Å². The number of hydrogen-bond donors (Lipinski definition) is 1. The van der Waals surface area contributed by atoms with Crippen LogP contribution in [0.25, 0.3) is 0 Å². The van der Waals surface area contributed by atoms with Gasteiger partial charge < -0.3 is 15.0 Å². The zero-order valence-electron chi connectivity index (χ0n) is 11.5. The van der Waals surface area contributed by atoms with Gasteiger partial charge in [-0.05, 0) is 24.3 Å². The lowest BCUT2D eigenvalue weighted by Crippen LogP contribution is -2.37. The van der Waals surface area contributed by atoms with E-state index in [9.17, 15) is 4.79 Å². The zero-order chi connectivity index (χ0) is 14.5. The first-order chi connectivity index (χ1) is 10.3. The maximum absolute atomic E-state index is 12.2. The van der Waals surface area contributed by atoms with Crippen molar-refractivity contribution in [3.05, 3.63) is 48.4 Å². The number of ether oxygens (including phenoxy) is 1. The molecule has 2 aromatic rings. The van der Waals surface area contributed by atoms with Gasteiger partial charge in [-0.15, -0.1) is 0 Å². The number of carbonyl (C=O) groups is 1. The second-order valence-electron chi connectivity index (χ2n) is 4.64. The molecule has 1 aliphatic heterocycles. The Morgan fingerprint density at radius 3 is 2.67 bits per heavy atom. The molecule has 0 saturated carbocycles. The first-order valence-corrected chi connectivity index (χ1v) is 6.85. The number of amides is 1. The van der Waals surface area contributed by atoms with Gasteiger partial charge in [-0.25, -0.2) is 4.98 Å². The number of morpholine rings is 1. The van der Waals surface area contributed by atoms with Gasteiger partial charge in [0.25, 0.3) is 5.91 Å². The summed E-state index contributed by atoms with van der Waals surface area (Å²) >= 11 is 0. The highest BCUT2D eigenvalue weighted by Crippen LogP contribution is 2.23. The Labute approximate surface area is 122 Å². The van der Waals surface area contributed by atoms with E-state index < -0.39 is 0 Å². The molecule has 2 aromatic heterocycles. The SMILES string of the molecule is O=C(Nc1cccnc1N1CCOCC1)c1ccccn1. The minimum Gasteiger partial charge on any atom is -0.378 e. The van der Waals surface area contributed by atoms with Gasteiger partial charge in [0, 0.05) is 25.5 Å². The van der Waals surface area contributed by atoms with Crippen molar-refractivity contribution in [1.29, 1.82) is 0 Å². The standard InChI is InChI=1S/C15H16N4O2/c20-15(13-4-1-2-6-16-13)18-12-5-3-7-17-14(12)19-8-10-21-11-9-19/h1-7H,8-11H2,(H,18,20). The van der Waals surface area contributed by atoms with E-state index in [0.29, 0.717) is 24.6 Å². The molecule has 108 valence electrons. The molecule has 1 amide bonds. The highest BCUT2D eigenvalue weighted by molar-refractivity contribution is 6.04. The number of nitrogens with zero attached hydrogens (tertiary/aromatic N) is 3. The van der Waals surface area contributed by atoms with E-state index in [1.807, 2.05) is 6.07 Å². The van der Waals surface area contributed by atoms with Crippen LogP contribution in [0, 0.1) is 0 Å². The van der Waals surface area contributed by atoms with Crippen LogP contribution in [0.4, 0.5) is 11.5 Å². The average Bonchev–Trinajstić information content (AvgIpc) is 2.57. The van der Waals surface area contributed by atoms with Crippen LogP contribution in [0.5, 0.6) is 0 Å². The number of anilines is 2. The van der Waals surface area contributed by atoms with Crippen molar-refractivity contribution in [1.82, 2.24) is 9.97 Å². The van der Waals surface area contributed by atoms with E-state index >= 15 is 0 Å². The fourth-order valence-corrected chi connectivity index (χ4v) is 2.21. The third-order valence-electron chi connectivity index (χ3n) is 3.24. The van der Waals surface area contributed by atoms with E-state index in [1.54, 1.807) is 36.7 Å². The Hall–Kier alpha value is -2.47. The lowest BCUT2D eigenvalue weighted by molar-refractivity contribution is 0.102. The number of aromatic nitrogens is 2. The lowest BCUT2D eigenvalue weighted by atomic mass is 10.3. The van der Waals surface area contributed by atoms with Crippen LogP contribution in [-0.2, 0) is 4.74 Å². The summed E-state index contributed by atoms with van der Waals surface area (Å²) in [6.45, 7) is 2.88. The molecule has 3 heterocycles. The topological polar surface area (TPSA) is 67.4 Å². The fraction of sp³-hybridized carbons (Fsp3) is 0.267. The van der Waals surface area contributed by atoms with E-state index in [2.05, 4.69) is 20.2 Å². The van der Waals surface area contributed by atoms with Crippen LogP contribution in [0.15, 0.2) is 42.7 Å². The molecular weight excluding hydrogens is 268 g/mol. The molecule has 0 bridgehead atoms. The first-order valence-electron chi connectivity index (χ1n) is 6.85. The number of nitrogens with one attached hydrogen (secondary N) is 1. The summed E-state index contributed by atoms with van der Waals surface area (Å²) in [4.78, 5) is 22.7. The van der Waals surface area contributed by atoms with Crippen molar-refractivity contribution in [2.24, 2.45) is 0 Å². The Balaban J connectivity index is 1.80. The van der Waals surface area contributed by atoms with Crippen LogP contribution in [0.2, 0.25) is 0 Å². The number of carbonyl (C=O) groups excluding carboxylic acids is 1. The van der Waals surface area contributed by atoms with Crippen molar-refractivity contribution in [2.45, 2.75) is 0 Å². The largest absolute Gasteiger partial charge is 0.378 e. The maximum Gasteiger partial charge on any atom is 0.274 e. The quantitative estimate of drug-likeness (QED) is 0.926. The molecule has 1 saturated heterocycles. The maximum atomic E-state index is 12.2. The molecule has 3 rings (SSSR count). The molecule has 6 nitrogen and oxygen atoms in total. The average molecular weight is 284 g/mol. The fourth-order valence-electron chi connectivity index (χ4n) is 2.21.